The van der Waals surface area contributed by atoms with Crippen LogP contribution < -0.4 is 0 Å². The highest BCUT2D eigenvalue weighted by Gasteiger charge is 2.15. The van der Waals surface area contributed by atoms with Crippen LogP contribution in [0.15, 0.2) is 71.1 Å². The molecule has 3 nitrogen and oxygen atoms in total. The van der Waals surface area contributed by atoms with Crippen molar-refractivity contribution in [3.8, 4) is 11.3 Å². The van der Waals surface area contributed by atoms with Gasteiger partial charge in [-0.15, -0.1) is 0 Å². The maximum atomic E-state index is 6.38. The highest BCUT2D eigenvalue weighted by atomic mass is 35.5. The lowest BCUT2D eigenvalue weighted by Crippen LogP contribution is -1.91. The lowest BCUT2D eigenvalue weighted by molar-refractivity contribution is 0.669. The van der Waals surface area contributed by atoms with Crippen LogP contribution in [0.2, 0.25) is 5.15 Å². The second kappa shape index (κ2) is 5.05. The number of aromatic nitrogens is 2. The summed E-state index contributed by atoms with van der Waals surface area (Å²) in [5.74, 6) is 0. The summed E-state index contributed by atoms with van der Waals surface area (Å²) in [6.45, 7) is 0. The van der Waals surface area contributed by atoms with Crippen molar-refractivity contribution >= 4 is 44.6 Å². The second-order valence-electron chi connectivity index (χ2n) is 5.63. The third kappa shape index (κ3) is 1.92. The lowest BCUT2D eigenvalue weighted by atomic mass is 10.1. The molecule has 0 spiro atoms. The van der Waals surface area contributed by atoms with Crippen molar-refractivity contribution in [1.29, 1.82) is 0 Å². The van der Waals surface area contributed by atoms with Crippen molar-refractivity contribution in [3.05, 3.63) is 71.9 Å². The monoisotopic (exact) mass is 330 g/mol. The predicted octanol–water partition coefficient (Wildman–Crippen LogP) is 5.85. The van der Waals surface area contributed by atoms with Gasteiger partial charge in [0.05, 0.1) is 10.9 Å². The van der Waals surface area contributed by atoms with Gasteiger partial charge in [-0.1, -0.05) is 60.1 Å². The predicted molar refractivity (Wildman–Crippen MR) is 97.3 cm³/mol. The summed E-state index contributed by atoms with van der Waals surface area (Å²) >= 11 is 6.38. The number of rotatable bonds is 1. The molecule has 0 bridgehead atoms. The number of nitrogens with zero attached hydrogens (tertiary/aromatic N) is 2. The Bertz CT molecular complexity index is 1210. The summed E-state index contributed by atoms with van der Waals surface area (Å²) in [6, 6.07) is 21.6. The van der Waals surface area contributed by atoms with Crippen molar-refractivity contribution in [2.45, 2.75) is 0 Å². The smallest absolute Gasteiger partial charge is 0.156 e. The first-order chi connectivity index (χ1) is 11.8. The van der Waals surface area contributed by atoms with Gasteiger partial charge in [0.15, 0.2) is 5.15 Å². The highest BCUT2D eigenvalue weighted by Crippen LogP contribution is 2.35. The Hall–Kier alpha value is -2.91. The molecule has 0 N–H and O–H groups in total. The molecule has 3 aromatic carbocycles. The molecule has 0 aliphatic rings. The minimum Gasteiger partial charge on any atom is -0.456 e. The van der Waals surface area contributed by atoms with Gasteiger partial charge in [0.25, 0.3) is 0 Å². The summed E-state index contributed by atoms with van der Waals surface area (Å²) in [5.41, 5.74) is 4.85. The number of halogens is 1. The number of hydrogen-bond acceptors (Lipinski definition) is 3. The van der Waals surface area contributed by atoms with Gasteiger partial charge in [0.1, 0.15) is 22.4 Å². The Morgan fingerprint density at radius 2 is 1.54 bits per heavy atom. The standard InChI is InChI=1S/C20H11ClN2O/c21-20-18(12-6-2-1-3-7-12)23-19-14(22-20)10-11-16-17(19)13-8-4-5-9-15(13)24-16/h1-11H. The Morgan fingerprint density at radius 3 is 2.42 bits per heavy atom. The van der Waals surface area contributed by atoms with E-state index in [1.54, 1.807) is 0 Å². The fourth-order valence-corrected chi connectivity index (χ4v) is 3.33. The molecule has 0 aliphatic carbocycles. The van der Waals surface area contributed by atoms with Crippen LogP contribution in [0.5, 0.6) is 0 Å². The normalized spacial score (nSPS) is 11.5. The minimum atomic E-state index is 0.404. The first kappa shape index (κ1) is 13.5. The van der Waals surface area contributed by atoms with Crippen LogP contribution in [0.3, 0.4) is 0 Å². The van der Waals surface area contributed by atoms with Gasteiger partial charge in [-0.25, -0.2) is 9.97 Å². The summed E-state index contributed by atoms with van der Waals surface area (Å²) in [5, 5.41) is 2.42. The first-order valence-electron chi connectivity index (χ1n) is 7.64. The molecule has 0 aliphatic heterocycles. The molecule has 114 valence electrons. The molecule has 2 heterocycles. The number of hydrogen-bond donors (Lipinski definition) is 0. The molecule has 0 radical (unpaired) electrons. The van der Waals surface area contributed by atoms with E-state index in [4.69, 9.17) is 21.0 Å². The third-order valence-electron chi connectivity index (χ3n) is 4.18. The van der Waals surface area contributed by atoms with Crippen LogP contribution in [0.1, 0.15) is 0 Å². The van der Waals surface area contributed by atoms with Crippen molar-refractivity contribution in [2.24, 2.45) is 0 Å². The zero-order valence-electron chi connectivity index (χ0n) is 12.5. The summed E-state index contributed by atoms with van der Waals surface area (Å²) in [6.07, 6.45) is 0. The van der Waals surface area contributed by atoms with Crippen molar-refractivity contribution < 1.29 is 4.42 Å². The summed E-state index contributed by atoms with van der Waals surface area (Å²) in [4.78, 5) is 9.39. The second-order valence-corrected chi connectivity index (χ2v) is 5.99. The van der Waals surface area contributed by atoms with E-state index in [1.807, 2.05) is 66.7 Å². The molecule has 5 rings (SSSR count). The van der Waals surface area contributed by atoms with Crippen LogP contribution in [-0.2, 0) is 0 Å². The van der Waals surface area contributed by atoms with Crippen molar-refractivity contribution in [3.63, 3.8) is 0 Å². The first-order valence-corrected chi connectivity index (χ1v) is 8.02. The van der Waals surface area contributed by atoms with Gasteiger partial charge in [-0.05, 0) is 18.2 Å². The molecule has 0 fully saturated rings. The van der Waals surface area contributed by atoms with E-state index >= 15 is 0 Å². The van der Waals surface area contributed by atoms with Crippen molar-refractivity contribution in [2.75, 3.05) is 0 Å². The van der Waals surface area contributed by atoms with E-state index in [1.165, 1.54) is 0 Å². The molecule has 0 amide bonds. The average Bonchev–Trinajstić information content (AvgIpc) is 3.01. The van der Waals surface area contributed by atoms with Gasteiger partial charge < -0.3 is 4.42 Å². The topological polar surface area (TPSA) is 38.9 Å². The van der Waals surface area contributed by atoms with E-state index in [-0.39, 0.29) is 0 Å². The number of fused-ring (bicyclic) bond motifs is 5. The fraction of sp³-hybridized carbons (Fsp3) is 0. The van der Waals surface area contributed by atoms with Crippen LogP contribution in [-0.4, -0.2) is 9.97 Å². The molecule has 0 unspecified atom stereocenters. The number of benzene rings is 3. The molecule has 24 heavy (non-hydrogen) atoms. The van der Waals surface area contributed by atoms with Gasteiger partial charge in [0, 0.05) is 10.9 Å². The Balaban J connectivity index is 1.94. The Morgan fingerprint density at radius 1 is 0.750 bits per heavy atom. The zero-order valence-corrected chi connectivity index (χ0v) is 13.3. The fourth-order valence-electron chi connectivity index (χ4n) is 3.09. The maximum absolute atomic E-state index is 6.38. The zero-order chi connectivity index (χ0) is 16.1. The number of para-hydroxylation sites is 1. The molecule has 0 atom stereocenters. The van der Waals surface area contributed by atoms with E-state index in [0.29, 0.717) is 10.8 Å². The molecule has 5 aromatic rings. The van der Waals surface area contributed by atoms with Crippen LogP contribution in [0, 0.1) is 0 Å². The number of furan rings is 1. The SMILES string of the molecule is Clc1nc2ccc3oc4ccccc4c3c2nc1-c1ccccc1. The van der Waals surface area contributed by atoms with Gasteiger partial charge in [-0.3, -0.25) is 0 Å². The molecule has 4 heteroatoms. The average molecular weight is 331 g/mol. The van der Waals surface area contributed by atoms with Crippen LogP contribution in [0.4, 0.5) is 0 Å². The van der Waals surface area contributed by atoms with E-state index < -0.39 is 0 Å². The van der Waals surface area contributed by atoms with Crippen LogP contribution >= 0.6 is 11.6 Å². The quantitative estimate of drug-likeness (QED) is 0.387. The summed E-state index contributed by atoms with van der Waals surface area (Å²) < 4.78 is 5.94. The highest BCUT2D eigenvalue weighted by molar-refractivity contribution is 6.32. The van der Waals surface area contributed by atoms with Crippen LogP contribution in [0.25, 0.3) is 44.2 Å². The molecular formula is C20H11ClN2O. The van der Waals surface area contributed by atoms with E-state index in [2.05, 4.69) is 4.98 Å². The van der Waals surface area contributed by atoms with Gasteiger partial charge in [0.2, 0.25) is 0 Å². The largest absolute Gasteiger partial charge is 0.456 e. The lowest BCUT2D eigenvalue weighted by Gasteiger charge is -2.06. The Labute approximate surface area is 142 Å². The third-order valence-corrected chi connectivity index (χ3v) is 4.44. The van der Waals surface area contributed by atoms with Crippen molar-refractivity contribution in [1.82, 2.24) is 9.97 Å². The minimum absolute atomic E-state index is 0.404. The molecule has 0 saturated heterocycles. The van der Waals surface area contributed by atoms with Gasteiger partial charge >= 0.3 is 0 Å². The Kier molecular flexibility index (Phi) is 2.84. The van der Waals surface area contributed by atoms with E-state index in [9.17, 15) is 0 Å². The molecular weight excluding hydrogens is 320 g/mol. The molecule has 0 saturated carbocycles. The van der Waals surface area contributed by atoms with E-state index in [0.717, 1.165) is 38.5 Å². The maximum Gasteiger partial charge on any atom is 0.156 e. The van der Waals surface area contributed by atoms with Gasteiger partial charge in [-0.2, -0.15) is 0 Å². The molecule has 2 aromatic heterocycles. The summed E-state index contributed by atoms with van der Waals surface area (Å²) in [7, 11) is 0.